The van der Waals surface area contributed by atoms with Gasteiger partial charge in [-0.15, -0.1) is 0 Å². The Morgan fingerprint density at radius 2 is 2.25 bits per heavy atom. The van der Waals surface area contributed by atoms with Crippen LogP contribution >= 0.6 is 0 Å². The van der Waals surface area contributed by atoms with E-state index in [0.29, 0.717) is 24.5 Å². The molecule has 1 heterocycles. The molecule has 4 fully saturated rings. The second kappa shape index (κ2) is 4.40. The van der Waals surface area contributed by atoms with Gasteiger partial charge in [-0.1, -0.05) is 0 Å². The third kappa shape index (κ3) is 1.69. The van der Waals surface area contributed by atoms with E-state index in [-0.39, 0.29) is 23.7 Å². The quantitative estimate of drug-likeness (QED) is 0.719. The Bertz CT molecular complexity index is 498. The Morgan fingerprint density at radius 1 is 1.50 bits per heavy atom. The van der Waals surface area contributed by atoms with Crippen LogP contribution in [-0.4, -0.2) is 35.6 Å². The molecule has 20 heavy (non-hydrogen) atoms. The van der Waals surface area contributed by atoms with Crippen LogP contribution in [0, 0.1) is 17.3 Å². The standard InChI is InChI=1S/C15H21NO4/c1-9(13(16)19)4-11(18)6-14-8-20-15(7-17)3-2-10(14)5-12(14)15/h4,10,12,17H,2-3,5-8H2,1H3,(H2,16,19)/b9-4+. The fourth-order valence-electron chi connectivity index (χ4n) is 4.53. The van der Waals surface area contributed by atoms with Crippen molar-refractivity contribution < 1.29 is 19.4 Å². The summed E-state index contributed by atoms with van der Waals surface area (Å²) in [7, 11) is 0. The van der Waals surface area contributed by atoms with Gasteiger partial charge in [0, 0.05) is 17.4 Å². The van der Waals surface area contributed by atoms with E-state index in [0.717, 1.165) is 19.3 Å². The summed E-state index contributed by atoms with van der Waals surface area (Å²) in [4.78, 5) is 23.2. The molecule has 110 valence electrons. The maximum atomic E-state index is 12.2. The van der Waals surface area contributed by atoms with E-state index in [1.54, 1.807) is 6.92 Å². The number of carbonyl (C=O) groups excluding carboxylic acids is 2. The molecule has 4 unspecified atom stereocenters. The lowest BCUT2D eigenvalue weighted by Crippen LogP contribution is -2.60. The van der Waals surface area contributed by atoms with Gasteiger partial charge < -0.3 is 15.6 Å². The van der Waals surface area contributed by atoms with Crippen LogP contribution in [0.25, 0.3) is 0 Å². The molecule has 1 saturated heterocycles. The highest BCUT2D eigenvalue weighted by Gasteiger charge is 2.70. The number of fused-ring (bicyclic) bond motifs is 1. The van der Waals surface area contributed by atoms with Crippen LogP contribution in [0.3, 0.4) is 0 Å². The van der Waals surface area contributed by atoms with E-state index < -0.39 is 11.5 Å². The molecule has 4 bridgehead atoms. The number of ketones is 1. The summed E-state index contributed by atoms with van der Waals surface area (Å²) in [5, 5.41) is 9.65. The van der Waals surface area contributed by atoms with Gasteiger partial charge in [-0.25, -0.2) is 0 Å². The molecule has 0 radical (unpaired) electrons. The summed E-state index contributed by atoms with van der Waals surface area (Å²) in [5.74, 6) is 0.179. The number of aliphatic hydroxyl groups is 1. The molecule has 3 saturated carbocycles. The largest absolute Gasteiger partial charge is 0.393 e. The Balaban J connectivity index is 1.77. The molecule has 3 aliphatic carbocycles. The number of allylic oxidation sites excluding steroid dienone is 1. The number of hydrogen-bond donors (Lipinski definition) is 2. The van der Waals surface area contributed by atoms with E-state index >= 15 is 0 Å². The van der Waals surface area contributed by atoms with Crippen molar-refractivity contribution in [3.05, 3.63) is 11.6 Å². The SMILES string of the molecule is C/C(=C\C(=O)CC12COC3(CO)CCC1CC32)C(N)=O. The van der Waals surface area contributed by atoms with Gasteiger partial charge in [0.2, 0.25) is 5.91 Å². The van der Waals surface area contributed by atoms with Crippen molar-refractivity contribution in [2.45, 2.75) is 38.2 Å². The summed E-state index contributed by atoms with van der Waals surface area (Å²) in [5.41, 5.74) is 4.91. The van der Waals surface area contributed by atoms with Crippen LogP contribution < -0.4 is 5.73 Å². The fraction of sp³-hybridized carbons (Fsp3) is 0.733. The van der Waals surface area contributed by atoms with Crippen molar-refractivity contribution in [3.63, 3.8) is 0 Å². The lowest BCUT2D eigenvalue weighted by molar-refractivity contribution is -0.147. The van der Waals surface area contributed by atoms with Crippen molar-refractivity contribution in [2.24, 2.45) is 23.0 Å². The molecule has 4 atom stereocenters. The van der Waals surface area contributed by atoms with Gasteiger partial charge in [-0.05, 0) is 44.1 Å². The van der Waals surface area contributed by atoms with E-state index in [1.165, 1.54) is 6.08 Å². The minimum absolute atomic E-state index is 0.0382. The van der Waals surface area contributed by atoms with E-state index in [2.05, 4.69) is 0 Å². The highest BCUT2D eigenvalue weighted by Crippen LogP contribution is 2.69. The Morgan fingerprint density at radius 3 is 2.85 bits per heavy atom. The molecule has 5 heteroatoms. The lowest BCUT2D eigenvalue weighted by atomic mass is 9.43. The Hall–Kier alpha value is -1.20. The summed E-state index contributed by atoms with van der Waals surface area (Å²) in [6, 6.07) is 0. The zero-order chi connectivity index (χ0) is 14.5. The van der Waals surface area contributed by atoms with E-state index in [4.69, 9.17) is 10.5 Å². The maximum Gasteiger partial charge on any atom is 0.244 e. The first-order chi connectivity index (χ1) is 9.43. The molecule has 3 N–H and O–H groups in total. The van der Waals surface area contributed by atoms with Gasteiger partial charge in [-0.2, -0.15) is 0 Å². The van der Waals surface area contributed by atoms with Crippen LogP contribution in [-0.2, 0) is 14.3 Å². The molecule has 0 aromatic rings. The number of rotatable bonds is 5. The Labute approximate surface area is 118 Å². The van der Waals surface area contributed by atoms with Crippen LogP contribution in [0.5, 0.6) is 0 Å². The number of ether oxygens (including phenoxy) is 1. The minimum atomic E-state index is -0.558. The molecule has 4 rings (SSSR count). The number of nitrogens with two attached hydrogens (primary N) is 1. The van der Waals surface area contributed by atoms with Gasteiger partial charge in [0.15, 0.2) is 5.78 Å². The monoisotopic (exact) mass is 279 g/mol. The fourth-order valence-corrected chi connectivity index (χ4v) is 4.53. The lowest BCUT2D eigenvalue weighted by Gasteiger charge is -2.59. The van der Waals surface area contributed by atoms with E-state index in [9.17, 15) is 14.7 Å². The molecule has 4 aliphatic rings. The zero-order valence-electron chi connectivity index (χ0n) is 11.7. The van der Waals surface area contributed by atoms with Gasteiger partial charge in [0.25, 0.3) is 0 Å². The summed E-state index contributed by atoms with van der Waals surface area (Å²) in [6.45, 7) is 2.15. The zero-order valence-corrected chi connectivity index (χ0v) is 11.7. The summed E-state index contributed by atoms with van der Waals surface area (Å²) < 4.78 is 5.91. The first-order valence-electron chi connectivity index (χ1n) is 7.19. The third-order valence-electron chi connectivity index (χ3n) is 5.74. The van der Waals surface area contributed by atoms with Crippen LogP contribution in [0.4, 0.5) is 0 Å². The molecular weight excluding hydrogens is 258 g/mol. The normalized spacial score (nSPS) is 42.2. The molecule has 0 spiro atoms. The van der Waals surface area contributed by atoms with Gasteiger partial charge in [0.05, 0.1) is 18.8 Å². The van der Waals surface area contributed by atoms with Gasteiger partial charge in [-0.3, -0.25) is 9.59 Å². The molecule has 5 nitrogen and oxygen atoms in total. The number of primary amides is 1. The van der Waals surface area contributed by atoms with Crippen LogP contribution in [0.15, 0.2) is 11.6 Å². The van der Waals surface area contributed by atoms with Crippen molar-refractivity contribution in [2.75, 3.05) is 13.2 Å². The second-order valence-corrected chi connectivity index (χ2v) is 6.60. The molecule has 0 aromatic carbocycles. The van der Waals surface area contributed by atoms with Crippen molar-refractivity contribution >= 4 is 11.7 Å². The van der Waals surface area contributed by atoms with Gasteiger partial charge in [0.1, 0.15) is 0 Å². The molecule has 0 aromatic heterocycles. The van der Waals surface area contributed by atoms with Crippen LogP contribution in [0.2, 0.25) is 0 Å². The predicted octanol–water partition coefficient (Wildman–Crippen LogP) is 0.555. The smallest absolute Gasteiger partial charge is 0.244 e. The van der Waals surface area contributed by atoms with Crippen molar-refractivity contribution in [1.29, 1.82) is 0 Å². The molecular formula is C15H21NO4. The second-order valence-electron chi connectivity index (χ2n) is 6.60. The maximum absolute atomic E-state index is 12.2. The minimum Gasteiger partial charge on any atom is -0.393 e. The van der Waals surface area contributed by atoms with Crippen molar-refractivity contribution in [1.82, 2.24) is 0 Å². The number of aliphatic hydroxyl groups excluding tert-OH is 1. The third-order valence-corrected chi connectivity index (χ3v) is 5.74. The van der Waals surface area contributed by atoms with E-state index in [1.807, 2.05) is 0 Å². The Kier molecular flexibility index (Phi) is 3.03. The number of carbonyl (C=O) groups is 2. The average molecular weight is 279 g/mol. The summed E-state index contributed by atoms with van der Waals surface area (Å²) >= 11 is 0. The van der Waals surface area contributed by atoms with Crippen LogP contribution in [0.1, 0.15) is 32.6 Å². The number of amides is 1. The topological polar surface area (TPSA) is 89.6 Å². The first-order valence-corrected chi connectivity index (χ1v) is 7.19. The highest BCUT2D eigenvalue weighted by atomic mass is 16.5. The number of hydrogen-bond acceptors (Lipinski definition) is 4. The average Bonchev–Trinajstić information content (AvgIpc) is 2.57. The highest BCUT2D eigenvalue weighted by molar-refractivity contribution is 6.00. The molecule has 1 aliphatic heterocycles. The molecule has 1 amide bonds. The van der Waals surface area contributed by atoms with Gasteiger partial charge >= 0.3 is 0 Å². The summed E-state index contributed by atoms with van der Waals surface area (Å²) in [6.07, 6.45) is 4.71. The first kappa shape index (κ1) is 13.8. The predicted molar refractivity (Wildman–Crippen MR) is 71.6 cm³/mol. The van der Waals surface area contributed by atoms with Crippen molar-refractivity contribution in [3.8, 4) is 0 Å².